The lowest BCUT2D eigenvalue weighted by Crippen LogP contribution is -2.23. The summed E-state index contributed by atoms with van der Waals surface area (Å²) in [6.07, 6.45) is 0.670. The number of hydrogen-bond donors (Lipinski definition) is 2. The number of benzene rings is 2. The Kier molecular flexibility index (Phi) is 8.22. The molecule has 0 unspecified atom stereocenters. The van der Waals surface area contributed by atoms with Gasteiger partial charge in [-0.2, -0.15) is 9.97 Å². The van der Waals surface area contributed by atoms with Gasteiger partial charge in [-0.05, 0) is 71.0 Å². The Morgan fingerprint density at radius 1 is 0.975 bits per heavy atom. The average molecular weight is 547 g/mol. The number of fused-ring (bicyclic) bond motifs is 1. The molecule has 0 atom stereocenters. The van der Waals surface area contributed by atoms with Gasteiger partial charge in [-0.1, -0.05) is 13.0 Å². The summed E-state index contributed by atoms with van der Waals surface area (Å²) in [4.78, 5) is 26.6. The summed E-state index contributed by atoms with van der Waals surface area (Å²) in [6.45, 7) is 12.3. The number of aryl methyl sites for hydroxylation is 2. The van der Waals surface area contributed by atoms with E-state index in [1.54, 1.807) is 42.5 Å². The third-order valence-corrected chi connectivity index (χ3v) is 5.69. The van der Waals surface area contributed by atoms with E-state index in [0.717, 1.165) is 5.82 Å². The van der Waals surface area contributed by atoms with E-state index in [4.69, 9.17) is 35.1 Å². The Bertz CT molecular complexity index is 1560. The van der Waals surface area contributed by atoms with E-state index in [2.05, 4.69) is 9.97 Å². The van der Waals surface area contributed by atoms with Gasteiger partial charge in [0.2, 0.25) is 0 Å². The van der Waals surface area contributed by atoms with Crippen molar-refractivity contribution in [1.82, 2.24) is 19.5 Å². The van der Waals surface area contributed by atoms with E-state index >= 15 is 0 Å². The molecule has 0 radical (unpaired) electrons. The van der Waals surface area contributed by atoms with Crippen LogP contribution in [0, 0.1) is 5.41 Å². The summed E-state index contributed by atoms with van der Waals surface area (Å²) in [5, 5.41) is 7.81. The first kappa shape index (κ1) is 28.3. The van der Waals surface area contributed by atoms with Crippen molar-refractivity contribution in [2.24, 2.45) is 5.73 Å². The monoisotopic (exact) mass is 546 g/mol. The molecular weight excluding hydrogens is 512 g/mol. The number of hydrogen-bond acceptors (Lipinski definition) is 9. The van der Waals surface area contributed by atoms with Crippen LogP contribution in [0.4, 0.5) is 0 Å². The number of carbonyl (C=O) groups excluding carboxylic acids is 1. The third kappa shape index (κ3) is 6.31. The van der Waals surface area contributed by atoms with Crippen LogP contribution in [-0.4, -0.2) is 43.5 Å². The number of nitrogen functional groups attached to an aromatic ring is 1. The van der Waals surface area contributed by atoms with Crippen LogP contribution in [0.1, 0.15) is 63.3 Å². The molecule has 11 heteroatoms. The van der Waals surface area contributed by atoms with Gasteiger partial charge in [-0.3, -0.25) is 5.41 Å². The van der Waals surface area contributed by atoms with Crippen molar-refractivity contribution >= 4 is 23.0 Å². The molecule has 11 nitrogen and oxygen atoms in total. The summed E-state index contributed by atoms with van der Waals surface area (Å²) >= 11 is 0. The second-order valence-electron chi connectivity index (χ2n) is 9.85. The zero-order valence-corrected chi connectivity index (χ0v) is 23.6. The minimum Gasteiger partial charge on any atom is -0.490 e. The Morgan fingerprint density at radius 3 is 2.40 bits per heavy atom. The van der Waals surface area contributed by atoms with Crippen LogP contribution in [0.5, 0.6) is 29.1 Å². The average Bonchev–Trinajstić information content (AvgIpc) is 3.27. The molecule has 3 N–H and O–H groups in total. The number of carbonyl (C=O) groups is 1. The molecule has 0 aliphatic carbocycles. The van der Waals surface area contributed by atoms with Crippen molar-refractivity contribution in [1.29, 1.82) is 5.41 Å². The maximum Gasteiger partial charge on any atom is 0.338 e. The van der Waals surface area contributed by atoms with Crippen LogP contribution in [0.2, 0.25) is 0 Å². The van der Waals surface area contributed by atoms with Crippen LogP contribution in [0.15, 0.2) is 42.5 Å². The van der Waals surface area contributed by atoms with Crippen LogP contribution in [0.25, 0.3) is 11.2 Å². The molecule has 0 saturated heterocycles. The van der Waals surface area contributed by atoms with Crippen molar-refractivity contribution in [2.45, 2.75) is 60.1 Å². The molecule has 4 rings (SSSR count). The molecule has 0 amide bonds. The van der Waals surface area contributed by atoms with Gasteiger partial charge in [0.1, 0.15) is 23.0 Å². The van der Waals surface area contributed by atoms with Crippen LogP contribution in [0.3, 0.4) is 0 Å². The number of nitrogens with one attached hydrogen (secondary N) is 1. The maximum atomic E-state index is 12.6. The van der Waals surface area contributed by atoms with Gasteiger partial charge >= 0.3 is 12.0 Å². The molecule has 0 aliphatic heterocycles. The highest BCUT2D eigenvalue weighted by Gasteiger charge is 2.22. The van der Waals surface area contributed by atoms with E-state index in [0.29, 0.717) is 59.1 Å². The van der Waals surface area contributed by atoms with E-state index in [1.165, 1.54) is 0 Å². The molecule has 0 bridgehead atoms. The van der Waals surface area contributed by atoms with Crippen molar-refractivity contribution in [3.8, 4) is 29.1 Å². The quantitative estimate of drug-likeness (QED) is 0.147. The molecule has 2 aromatic carbocycles. The Balaban J connectivity index is 1.79. The highest BCUT2D eigenvalue weighted by atomic mass is 16.6. The fourth-order valence-electron chi connectivity index (χ4n) is 3.98. The lowest BCUT2D eigenvalue weighted by Gasteiger charge is -2.19. The zero-order chi connectivity index (χ0) is 29.0. The Morgan fingerprint density at radius 2 is 1.75 bits per heavy atom. The van der Waals surface area contributed by atoms with E-state index in [1.807, 2.05) is 46.1 Å². The second-order valence-corrected chi connectivity index (χ2v) is 9.85. The summed E-state index contributed by atoms with van der Waals surface area (Å²) in [6, 6.07) is 11.6. The predicted octanol–water partition coefficient (Wildman–Crippen LogP) is 5.63. The van der Waals surface area contributed by atoms with Gasteiger partial charge < -0.3 is 29.2 Å². The number of amidine groups is 1. The number of nitrogens with zero attached hydrogens (tertiary/aromatic N) is 4. The van der Waals surface area contributed by atoms with Crippen LogP contribution >= 0.6 is 0 Å². The standard InChI is InChI=1S/C29H34N6O5/c1-7-22-32-23-25(35(22)8-2)33-28(39-21-16-17(24(30)31)13-14-20(21)37-9-3)34-26(23)38-19-12-10-11-18(15-19)27(36)40-29(4,5)6/h10-16H,7-9H2,1-6H3,(H3,30,31). The van der Waals surface area contributed by atoms with Gasteiger partial charge in [-0.15, -0.1) is 0 Å². The molecule has 2 heterocycles. The predicted molar refractivity (Wildman–Crippen MR) is 151 cm³/mol. The lowest BCUT2D eigenvalue weighted by molar-refractivity contribution is 0.00691. The molecular formula is C29H34N6O5. The van der Waals surface area contributed by atoms with Crippen molar-refractivity contribution in [3.63, 3.8) is 0 Å². The molecule has 0 aliphatic rings. The summed E-state index contributed by atoms with van der Waals surface area (Å²) in [5.74, 6) is 1.50. The normalized spacial score (nSPS) is 11.3. The van der Waals surface area contributed by atoms with E-state index in [-0.39, 0.29) is 17.7 Å². The smallest absolute Gasteiger partial charge is 0.338 e. The third-order valence-electron chi connectivity index (χ3n) is 5.69. The lowest BCUT2D eigenvalue weighted by atomic mass is 10.1. The van der Waals surface area contributed by atoms with Gasteiger partial charge in [-0.25, -0.2) is 9.78 Å². The number of imidazole rings is 1. The zero-order valence-electron chi connectivity index (χ0n) is 23.6. The maximum absolute atomic E-state index is 12.6. The van der Waals surface area contributed by atoms with Gasteiger partial charge in [0.15, 0.2) is 22.7 Å². The first-order valence-corrected chi connectivity index (χ1v) is 13.1. The minimum absolute atomic E-state index is 0.00953. The largest absolute Gasteiger partial charge is 0.490 e. The molecule has 0 spiro atoms. The minimum atomic E-state index is -0.636. The summed E-state index contributed by atoms with van der Waals surface area (Å²) < 4.78 is 25.5. The fraction of sp³-hybridized carbons (Fsp3) is 0.345. The number of rotatable bonds is 10. The highest BCUT2D eigenvalue weighted by Crippen LogP contribution is 2.35. The summed E-state index contributed by atoms with van der Waals surface area (Å²) in [5.41, 5.74) is 6.85. The highest BCUT2D eigenvalue weighted by molar-refractivity contribution is 5.95. The van der Waals surface area contributed by atoms with Gasteiger partial charge in [0.05, 0.1) is 12.2 Å². The molecule has 4 aromatic rings. The molecule has 40 heavy (non-hydrogen) atoms. The fourth-order valence-corrected chi connectivity index (χ4v) is 3.98. The molecule has 210 valence electrons. The number of aromatic nitrogens is 4. The van der Waals surface area contributed by atoms with Gasteiger partial charge in [0, 0.05) is 18.5 Å². The van der Waals surface area contributed by atoms with Crippen molar-refractivity contribution in [2.75, 3.05) is 6.61 Å². The number of ether oxygens (including phenoxy) is 4. The number of nitrogens with two attached hydrogens (primary N) is 1. The van der Waals surface area contributed by atoms with Crippen molar-refractivity contribution < 1.29 is 23.7 Å². The van der Waals surface area contributed by atoms with E-state index in [9.17, 15) is 4.79 Å². The second kappa shape index (κ2) is 11.6. The first-order chi connectivity index (χ1) is 19.0. The van der Waals surface area contributed by atoms with E-state index < -0.39 is 11.6 Å². The Labute approximate surface area is 232 Å². The van der Waals surface area contributed by atoms with Crippen molar-refractivity contribution in [3.05, 3.63) is 59.4 Å². The molecule has 0 saturated carbocycles. The topological polar surface area (TPSA) is 147 Å². The number of esters is 1. The molecule has 0 fully saturated rings. The summed E-state index contributed by atoms with van der Waals surface area (Å²) in [7, 11) is 0. The first-order valence-electron chi connectivity index (χ1n) is 13.1. The molecule has 2 aromatic heterocycles. The SMILES string of the molecule is CCOc1ccc(C(=N)N)cc1Oc1nc(Oc2cccc(C(=O)OC(C)(C)C)c2)c2nc(CC)n(CC)c2n1. The van der Waals surface area contributed by atoms with Crippen LogP contribution in [-0.2, 0) is 17.7 Å². The Hall–Kier alpha value is -4.67. The van der Waals surface area contributed by atoms with Gasteiger partial charge in [0.25, 0.3) is 5.88 Å². The van der Waals surface area contributed by atoms with Crippen LogP contribution < -0.4 is 19.9 Å².